The van der Waals surface area contributed by atoms with E-state index in [9.17, 15) is 4.39 Å². The Morgan fingerprint density at radius 3 is 1.89 bits per heavy atom. The standard InChI is InChI=1S/C7H6F.Zn/c1-6-2-4-7(8)5-3-6;/h2-5H,1H2;/q-1;. The quantitative estimate of drug-likeness (QED) is 0.417. The smallest absolute Gasteiger partial charge is 0.0987 e. The average Bonchev–Trinajstić information content (AvgIpc) is 1.77. The van der Waals surface area contributed by atoms with Crippen molar-refractivity contribution < 1.29 is 23.9 Å². The van der Waals surface area contributed by atoms with Crippen LogP contribution in [-0.4, -0.2) is 0 Å². The Hall–Kier alpha value is -0.357. The van der Waals surface area contributed by atoms with E-state index in [4.69, 9.17) is 0 Å². The molecule has 0 saturated carbocycles. The van der Waals surface area contributed by atoms with Crippen molar-refractivity contribution in [3.8, 4) is 0 Å². The molecule has 0 aliphatic carbocycles. The molecule has 0 radical (unpaired) electrons. The summed E-state index contributed by atoms with van der Waals surface area (Å²) < 4.78 is 12.1. The maximum atomic E-state index is 12.1. The Balaban J connectivity index is 0.000000640. The molecule has 44 valence electrons. The third kappa shape index (κ3) is 2.62. The molecule has 1 aromatic rings. The minimum absolute atomic E-state index is 0. The summed E-state index contributed by atoms with van der Waals surface area (Å²) in [4.78, 5) is 0. The first-order valence-electron chi connectivity index (χ1n) is 2.36. The number of rotatable bonds is 0. The van der Waals surface area contributed by atoms with E-state index in [0.29, 0.717) is 0 Å². The van der Waals surface area contributed by atoms with Gasteiger partial charge in [0.15, 0.2) is 0 Å². The molecule has 0 aromatic heterocycles. The van der Waals surface area contributed by atoms with Crippen molar-refractivity contribution in [2.45, 2.75) is 0 Å². The van der Waals surface area contributed by atoms with Crippen LogP contribution in [0.3, 0.4) is 0 Å². The molecule has 0 aliphatic heterocycles. The van der Waals surface area contributed by atoms with Crippen LogP contribution in [0.1, 0.15) is 5.56 Å². The average molecular weight is 175 g/mol. The second-order valence-corrected chi connectivity index (χ2v) is 1.63. The van der Waals surface area contributed by atoms with E-state index < -0.39 is 0 Å². The van der Waals surface area contributed by atoms with Crippen molar-refractivity contribution in [3.63, 3.8) is 0 Å². The van der Waals surface area contributed by atoms with Gasteiger partial charge in [-0.2, -0.15) is 24.6 Å². The first-order valence-corrected chi connectivity index (χ1v) is 2.36. The summed E-state index contributed by atoms with van der Waals surface area (Å²) in [5.74, 6) is -0.211. The molecular weight excluding hydrogens is 168 g/mol. The third-order valence-electron chi connectivity index (χ3n) is 0.913. The zero-order valence-corrected chi connectivity index (χ0v) is 8.07. The van der Waals surface area contributed by atoms with E-state index in [0.717, 1.165) is 5.56 Å². The molecule has 9 heavy (non-hydrogen) atoms. The van der Waals surface area contributed by atoms with E-state index in [1.165, 1.54) is 12.1 Å². The fourth-order valence-corrected chi connectivity index (χ4v) is 0.484. The fraction of sp³-hybridized carbons (Fsp3) is 0. The fourth-order valence-electron chi connectivity index (χ4n) is 0.484. The summed E-state index contributed by atoms with van der Waals surface area (Å²) in [6.07, 6.45) is 0. The Morgan fingerprint density at radius 1 is 1.11 bits per heavy atom. The largest absolute Gasteiger partial charge is 0.209 e. The van der Waals surface area contributed by atoms with Gasteiger partial charge in [0.25, 0.3) is 0 Å². The van der Waals surface area contributed by atoms with Crippen molar-refractivity contribution in [2.75, 3.05) is 0 Å². The molecule has 0 amide bonds. The van der Waals surface area contributed by atoms with Crippen LogP contribution in [0, 0.1) is 12.7 Å². The predicted octanol–water partition coefficient (Wildman–Crippen LogP) is 2.01. The predicted molar refractivity (Wildman–Crippen MR) is 30.9 cm³/mol. The van der Waals surface area contributed by atoms with Gasteiger partial charge in [0, 0.05) is 19.5 Å². The van der Waals surface area contributed by atoms with Crippen molar-refractivity contribution in [2.24, 2.45) is 0 Å². The van der Waals surface area contributed by atoms with Crippen LogP contribution >= 0.6 is 0 Å². The Bertz CT molecular complexity index is 148. The molecule has 0 aliphatic rings. The third-order valence-corrected chi connectivity index (χ3v) is 0.913. The molecule has 0 spiro atoms. The molecule has 0 fully saturated rings. The minimum Gasteiger partial charge on any atom is -0.209 e. The summed E-state index contributed by atoms with van der Waals surface area (Å²) in [5, 5.41) is 0. The molecule has 0 unspecified atom stereocenters. The topological polar surface area (TPSA) is 0 Å². The maximum Gasteiger partial charge on any atom is 0.0987 e. The van der Waals surface area contributed by atoms with Gasteiger partial charge < -0.3 is 0 Å². The van der Waals surface area contributed by atoms with E-state index >= 15 is 0 Å². The number of benzene rings is 1. The van der Waals surface area contributed by atoms with Gasteiger partial charge in [-0.3, -0.25) is 0 Å². The summed E-state index contributed by atoms with van der Waals surface area (Å²) in [5.41, 5.74) is 0.839. The molecule has 2 heteroatoms. The van der Waals surface area contributed by atoms with Crippen LogP contribution in [0.25, 0.3) is 0 Å². The van der Waals surface area contributed by atoms with Gasteiger partial charge in [0.05, 0.1) is 5.82 Å². The van der Waals surface area contributed by atoms with E-state index in [1.807, 2.05) is 0 Å². The van der Waals surface area contributed by atoms with Gasteiger partial charge in [-0.05, 0) is 0 Å². The van der Waals surface area contributed by atoms with Crippen molar-refractivity contribution in [1.82, 2.24) is 0 Å². The van der Waals surface area contributed by atoms with Gasteiger partial charge in [-0.25, -0.2) is 4.39 Å². The Morgan fingerprint density at radius 2 is 1.56 bits per heavy atom. The molecule has 1 aromatic carbocycles. The van der Waals surface area contributed by atoms with Crippen LogP contribution in [-0.2, 0) is 19.5 Å². The van der Waals surface area contributed by atoms with E-state index in [-0.39, 0.29) is 25.3 Å². The minimum atomic E-state index is -0.211. The molecule has 0 bridgehead atoms. The number of halogens is 1. The zero-order chi connectivity index (χ0) is 5.98. The van der Waals surface area contributed by atoms with Crippen LogP contribution in [0.2, 0.25) is 0 Å². The van der Waals surface area contributed by atoms with Crippen LogP contribution in [0.5, 0.6) is 0 Å². The van der Waals surface area contributed by atoms with Crippen molar-refractivity contribution >= 4 is 0 Å². The van der Waals surface area contributed by atoms with Gasteiger partial charge in [-0.1, -0.05) is 12.1 Å². The van der Waals surface area contributed by atoms with Gasteiger partial charge >= 0.3 is 0 Å². The van der Waals surface area contributed by atoms with Gasteiger partial charge in [-0.15, -0.1) is 0 Å². The second kappa shape index (κ2) is 3.63. The number of hydrogen-bond acceptors (Lipinski definition) is 0. The van der Waals surface area contributed by atoms with Crippen LogP contribution in [0.15, 0.2) is 24.3 Å². The zero-order valence-electron chi connectivity index (χ0n) is 5.10. The van der Waals surface area contributed by atoms with Crippen LogP contribution < -0.4 is 0 Å². The summed E-state index contributed by atoms with van der Waals surface area (Å²) in [6, 6.07) is 6.05. The summed E-state index contributed by atoms with van der Waals surface area (Å²) in [6.45, 7) is 3.60. The molecule has 0 saturated heterocycles. The van der Waals surface area contributed by atoms with E-state index in [1.54, 1.807) is 12.1 Å². The number of hydrogen-bond donors (Lipinski definition) is 0. The molecule has 0 nitrogen and oxygen atoms in total. The van der Waals surface area contributed by atoms with Crippen molar-refractivity contribution in [3.05, 3.63) is 42.6 Å². The Labute approximate surface area is 66.8 Å². The molecular formula is C7H6FZn-. The first-order chi connectivity index (χ1) is 3.79. The molecule has 1 rings (SSSR count). The molecule has 0 N–H and O–H groups in total. The molecule has 0 atom stereocenters. The van der Waals surface area contributed by atoms with Crippen molar-refractivity contribution in [1.29, 1.82) is 0 Å². The first kappa shape index (κ1) is 8.64. The van der Waals surface area contributed by atoms with E-state index in [2.05, 4.69) is 6.92 Å². The van der Waals surface area contributed by atoms with Gasteiger partial charge in [0.2, 0.25) is 0 Å². The second-order valence-electron chi connectivity index (χ2n) is 1.63. The summed E-state index contributed by atoms with van der Waals surface area (Å²) >= 11 is 0. The SMILES string of the molecule is [CH2-]c1ccc(F)cc1.[Zn]. The normalized spacial score (nSPS) is 8.11. The monoisotopic (exact) mass is 173 g/mol. The van der Waals surface area contributed by atoms with Crippen LogP contribution in [0.4, 0.5) is 4.39 Å². The maximum absolute atomic E-state index is 12.1. The summed E-state index contributed by atoms with van der Waals surface area (Å²) in [7, 11) is 0. The Kier molecular flexibility index (Phi) is 3.48. The molecule has 0 heterocycles. The van der Waals surface area contributed by atoms with Gasteiger partial charge in [0.1, 0.15) is 0 Å².